The van der Waals surface area contributed by atoms with Crippen molar-refractivity contribution < 1.29 is 13.0 Å². The molecule has 0 spiro atoms. The van der Waals surface area contributed by atoms with Crippen molar-refractivity contribution in [1.29, 1.82) is 0 Å². The third-order valence-corrected chi connectivity index (χ3v) is 9.22. The summed E-state index contributed by atoms with van der Waals surface area (Å²) in [4.78, 5) is 11.7. The number of hydrogen-bond acceptors (Lipinski definition) is 7. The molecule has 5 aromatic rings. The van der Waals surface area contributed by atoms with Crippen LogP contribution in [0, 0.1) is 6.92 Å². The molecule has 2 heterocycles. The Hall–Kier alpha value is -2.85. The third kappa shape index (κ3) is 4.09. The van der Waals surface area contributed by atoms with Crippen LogP contribution in [0.5, 0.6) is 0 Å². The zero-order valence-corrected chi connectivity index (χ0v) is 21.4. The molecule has 1 N–H and O–H groups in total. The molecule has 0 saturated heterocycles. The van der Waals surface area contributed by atoms with Crippen molar-refractivity contribution in [3.05, 3.63) is 60.2 Å². The molecule has 2 aromatic heterocycles. The van der Waals surface area contributed by atoms with E-state index in [0.717, 1.165) is 39.4 Å². The summed E-state index contributed by atoms with van der Waals surface area (Å²) in [5.41, 5.74) is 5.13. The second-order valence-electron chi connectivity index (χ2n) is 7.97. The molecule has 0 radical (unpaired) electrons. The van der Waals surface area contributed by atoms with Gasteiger partial charge in [-0.05, 0) is 74.9 Å². The fraction of sp³-hybridized carbons (Fsp3) is 0.200. The Morgan fingerprint density at radius 2 is 1.47 bits per heavy atom. The van der Waals surface area contributed by atoms with Gasteiger partial charge in [-0.2, -0.15) is 8.42 Å². The molecule has 174 valence electrons. The lowest BCUT2D eigenvalue weighted by atomic mass is 10.2. The number of nitrogens with zero attached hydrogens (tertiary/aromatic N) is 3. The Kier molecular flexibility index (Phi) is 5.89. The van der Waals surface area contributed by atoms with Crippen molar-refractivity contribution in [2.75, 3.05) is 18.0 Å². The van der Waals surface area contributed by atoms with Gasteiger partial charge in [0.25, 0.3) is 10.1 Å². The maximum absolute atomic E-state index is 11.9. The minimum atomic E-state index is -4.34. The quantitative estimate of drug-likeness (QED) is 0.258. The molecule has 6 nitrogen and oxygen atoms in total. The third-order valence-electron chi connectivity index (χ3n) is 5.85. The van der Waals surface area contributed by atoms with Gasteiger partial charge in [0, 0.05) is 29.9 Å². The first-order chi connectivity index (χ1) is 16.3. The summed E-state index contributed by atoms with van der Waals surface area (Å²) in [7, 11) is -4.34. The maximum atomic E-state index is 11.9. The summed E-state index contributed by atoms with van der Waals surface area (Å²) in [5.74, 6) is 0. The lowest BCUT2D eigenvalue weighted by molar-refractivity contribution is 0.483. The monoisotopic (exact) mass is 509 g/mol. The largest absolute Gasteiger partial charge is 0.372 e. The lowest BCUT2D eigenvalue weighted by Gasteiger charge is -2.20. The smallest absolute Gasteiger partial charge is 0.296 e. The van der Waals surface area contributed by atoms with Crippen molar-refractivity contribution in [2.45, 2.75) is 25.7 Å². The van der Waals surface area contributed by atoms with Gasteiger partial charge in [0.05, 0.1) is 20.4 Å². The molecule has 0 aliphatic rings. The van der Waals surface area contributed by atoms with Crippen LogP contribution in [0.1, 0.15) is 19.4 Å². The molecule has 0 saturated carbocycles. The summed E-state index contributed by atoms with van der Waals surface area (Å²) in [6, 6.07) is 17.9. The van der Waals surface area contributed by atoms with Gasteiger partial charge in [0.1, 0.15) is 14.9 Å². The summed E-state index contributed by atoms with van der Waals surface area (Å²) in [6.45, 7) is 7.91. The van der Waals surface area contributed by atoms with Crippen LogP contribution in [-0.2, 0) is 10.1 Å². The number of aryl methyl sites for hydroxylation is 1. The summed E-state index contributed by atoms with van der Waals surface area (Å²) in [5, 5.41) is 1.65. The highest BCUT2D eigenvalue weighted by Crippen LogP contribution is 2.38. The molecule has 5 rings (SSSR count). The van der Waals surface area contributed by atoms with Gasteiger partial charge in [-0.15, -0.1) is 22.7 Å². The van der Waals surface area contributed by atoms with Gasteiger partial charge in [0.2, 0.25) is 0 Å². The Bertz CT molecular complexity index is 1620. The zero-order valence-electron chi connectivity index (χ0n) is 18.9. The van der Waals surface area contributed by atoms with E-state index in [9.17, 15) is 13.0 Å². The van der Waals surface area contributed by atoms with Gasteiger partial charge in [-0.3, -0.25) is 4.55 Å². The van der Waals surface area contributed by atoms with E-state index in [1.165, 1.54) is 17.0 Å². The molecular weight excluding hydrogens is 486 g/mol. The second-order valence-corrected chi connectivity index (χ2v) is 11.4. The van der Waals surface area contributed by atoms with Gasteiger partial charge in [-0.25, -0.2) is 9.97 Å². The van der Waals surface area contributed by atoms with E-state index in [-0.39, 0.29) is 4.90 Å². The average molecular weight is 510 g/mol. The molecular formula is C25H23N3O3S3. The lowest BCUT2D eigenvalue weighted by Crippen LogP contribution is -2.21. The fourth-order valence-corrected chi connectivity index (χ4v) is 7.41. The summed E-state index contributed by atoms with van der Waals surface area (Å²) < 4.78 is 35.1. The maximum Gasteiger partial charge on any atom is 0.296 e. The molecule has 0 bridgehead atoms. The van der Waals surface area contributed by atoms with Crippen molar-refractivity contribution in [3.8, 4) is 21.1 Å². The van der Waals surface area contributed by atoms with Crippen molar-refractivity contribution >= 4 is 58.9 Å². The van der Waals surface area contributed by atoms with Crippen LogP contribution in [-0.4, -0.2) is 36.0 Å². The standard InChI is InChI=1S/C25H23N3O3S3/c1-4-28(5-2)18-10-7-16(8-11-18)24-26-19-13-9-17(14-21(19)32-24)25-27-20-12-6-15(3)23(22(20)33-25)34(29,30)31/h6-14H,4-5H2,1-3H3,(H,29,30,31). The van der Waals surface area contributed by atoms with E-state index in [0.29, 0.717) is 20.8 Å². The Balaban J connectivity index is 1.53. The van der Waals surface area contributed by atoms with Crippen LogP contribution in [0.15, 0.2) is 59.5 Å². The second kappa shape index (κ2) is 8.74. The number of fused-ring (bicyclic) bond motifs is 2. The average Bonchev–Trinajstić information content (AvgIpc) is 3.43. The molecule has 0 amide bonds. The molecule has 0 fully saturated rings. The fourth-order valence-electron chi connectivity index (χ4n) is 4.10. The normalized spacial score (nSPS) is 12.0. The molecule has 3 aromatic carbocycles. The van der Waals surface area contributed by atoms with Gasteiger partial charge >= 0.3 is 0 Å². The van der Waals surface area contributed by atoms with Gasteiger partial charge in [-0.1, -0.05) is 6.07 Å². The van der Waals surface area contributed by atoms with Crippen LogP contribution >= 0.6 is 22.7 Å². The zero-order chi connectivity index (χ0) is 24.0. The van der Waals surface area contributed by atoms with E-state index >= 15 is 0 Å². The van der Waals surface area contributed by atoms with E-state index in [1.807, 2.05) is 18.2 Å². The minimum absolute atomic E-state index is 0.0666. The Labute approximate surface area is 206 Å². The molecule has 0 unspecified atom stereocenters. The molecule has 0 atom stereocenters. The number of benzene rings is 3. The van der Waals surface area contributed by atoms with Crippen molar-refractivity contribution in [3.63, 3.8) is 0 Å². The van der Waals surface area contributed by atoms with Crippen LogP contribution < -0.4 is 4.90 Å². The molecule has 0 aliphatic heterocycles. The van der Waals surface area contributed by atoms with E-state index in [1.54, 1.807) is 30.4 Å². The molecule has 9 heteroatoms. The van der Waals surface area contributed by atoms with Crippen molar-refractivity contribution in [2.24, 2.45) is 0 Å². The number of rotatable bonds is 6. The first-order valence-electron chi connectivity index (χ1n) is 10.9. The van der Waals surface area contributed by atoms with Crippen LogP contribution in [0.3, 0.4) is 0 Å². The minimum Gasteiger partial charge on any atom is -0.372 e. The SMILES string of the molecule is CCN(CC)c1ccc(-c2nc3ccc(-c4nc5ccc(C)c(S(=O)(=O)O)c5s4)cc3s2)cc1. The number of hydrogen-bond donors (Lipinski definition) is 1. The highest BCUT2D eigenvalue weighted by atomic mass is 32.2. The first-order valence-corrected chi connectivity index (χ1v) is 14.0. The predicted molar refractivity (Wildman–Crippen MR) is 142 cm³/mol. The predicted octanol–water partition coefficient (Wildman–Crippen LogP) is 6.64. The highest BCUT2D eigenvalue weighted by Gasteiger charge is 2.21. The summed E-state index contributed by atoms with van der Waals surface area (Å²) >= 11 is 2.89. The Morgan fingerprint density at radius 1 is 0.853 bits per heavy atom. The topological polar surface area (TPSA) is 83.4 Å². The summed E-state index contributed by atoms with van der Waals surface area (Å²) in [6.07, 6.45) is 0. The van der Waals surface area contributed by atoms with Crippen molar-refractivity contribution in [1.82, 2.24) is 9.97 Å². The molecule has 0 aliphatic carbocycles. The van der Waals surface area contributed by atoms with E-state index in [4.69, 9.17) is 4.98 Å². The number of thiazole rings is 2. The van der Waals surface area contributed by atoms with Gasteiger partial charge < -0.3 is 4.90 Å². The van der Waals surface area contributed by atoms with Crippen LogP contribution in [0.25, 0.3) is 41.6 Å². The van der Waals surface area contributed by atoms with E-state index in [2.05, 4.69) is 48.0 Å². The van der Waals surface area contributed by atoms with Crippen LogP contribution in [0.2, 0.25) is 0 Å². The first kappa shape index (κ1) is 22.9. The van der Waals surface area contributed by atoms with E-state index < -0.39 is 10.1 Å². The number of aromatic nitrogens is 2. The van der Waals surface area contributed by atoms with Gasteiger partial charge in [0.15, 0.2) is 0 Å². The Morgan fingerprint density at radius 3 is 2.15 bits per heavy atom. The number of anilines is 1. The van der Waals surface area contributed by atoms with Crippen LogP contribution in [0.4, 0.5) is 5.69 Å². The molecule has 34 heavy (non-hydrogen) atoms. The highest BCUT2D eigenvalue weighted by molar-refractivity contribution is 7.86.